The number of unbranched alkanes of at least 4 members (excludes halogenated alkanes) is 1. The molecule has 0 fully saturated rings. The second-order valence-corrected chi connectivity index (χ2v) is 4.84. The second-order valence-electron chi connectivity index (χ2n) is 4.84. The van der Waals surface area contributed by atoms with Crippen LogP contribution in [0, 0.1) is 6.92 Å². The lowest BCUT2D eigenvalue weighted by Crippen LogP contribution is -1.86. The van der Waals surface area contributed by atoms with Gasteiger partial charge in [-0.15, -0.1) is 0 Å². The van der Waals surface area contributed by atoms with Gasteiger partial charge in [0.05, 0.1) is 5.69 Å². The Kier molecular flexibility index (Phi) is 5.20. The Hall–Kier alpha value is -1.31. The predicted octanol–water partition coefficient (Wildman–Crippen LogP) is 4.27. The van der Waals surface area contributed by atoms with E-state index >= 15 is 0 Å². The summed E-state index contributed by atoms with van der Waals surface area (Å²) in [6.07, 6.45) is 10.1. The Balaban J connectivity index is 3.01. The molecule has 0 amide bonds. The topological polar surface area (TPSA) is 17.8 Å². The molecule has 1 heterocycles. The zero-order chi connectivity index (χ0) is 12.8. The highest BCUT2D eigenvalue weighted by Gasteiger charge is 2.07. The van der Waals surface area contributed by atoms with Crippen LogP contribution in [0.25, 0.3) is 5.57 Å². The Morgan fingerprint density at radius 2 is 2.06 bits per heavy atom. The smallest absolute Gasteiger partial charge is 0.0668 e. The molecule has 0 aliphatic heterocycles. The van der Waals surface area contributed by atoms with Gasteiger partial charge in [-0.1, -0.05) is 31.1 Å². The molecule has 1 aromatic rings. The molecule has 0 unspecified atom stereocenters. The monoisotopic (exact) mass is 232 g/mol. The first-order valence-corrected chi connectivity index (χ1v) is 6.39. The molecule has 0 aromatic carbocycles. The van der Waals surface area contributed by atoms with Crippen LogP contribution in [0.2, 0.25) is 0 Å². The van der Waals surface area contributed by atoms with Gasteiger partial charge in [0, 0.05) is 18.8 Å². The lowest BCUT2D eigenvalue weighted by atomic mass is 10.0. The summed E-state index contributed by atoms with van der Waals surface area (Å²) in [5.74, 6) is 0. The van der Waals surface area contributed by atoms with Gasteiger partial charge in [-0.3, -0.25) is 4.68 Å². The molecular formula is C15H24N2. The Morgan fingerprint density at radius 1 is 1.35 bits per heavy atom. The first-order chi connectivity index (χ1) is 8.04. The number of allylic oxidation sites excluding steroid dienone is 4. The average molecular weight is 232 g/mol. The van der Waals surface area contributed by atoms with E-state index in [-0.39, 0.29) is 0 Å². The lowest BCUT2D eigenvalue weighted by molar-refractivity contribution is 0.756. The van der Waals surface area contributed by atoms with Crippen LogP contribution in [0.3, 0.4) is 0 Å². The van der Waals surface area contributed by atoms with E-state index < -0.39 is 0 Å². The molecule has 0 atom stereocenters. The van der Waals surface area contributed by atoms with Gasteiger partial charge in [0.1, 0.15) is 0 Å². The highest BCUT2D eigenvalue weighted by Crippen LogP contribution is 2.23. The molecule has 2 heteroatoms. The molecule has 1 aromatic heterocycles. The normalized spacial score (nSPS) is 11.7. The summed E-state index contributed by atoms with van der Waals surface area (Å²) in [4.78, 5) is 0. The van der Waals surface area contributed by atoms with E-state index in [1.165, 1.54) is 29.6 Å². The molecule has 0 N–H and O–H groups in total. The van der Waals surface area contributed by atoms with E-state index in [2.05, 4.69) is 51.1 Å². The summed E-state index contributed by atoms with van der Waals surface area (Å²) in [6.45, 7) is 8.57. The summed E-state index contributed by atoms with van der Waals surface area (Å²) in [5, 5.41) is 4.42. The first-order valence-electron chi connectivity index (χ1n) is 6.39. The van der Waals surface area contributed by atoms with Crippen LogP contribution in [-0.2, 0) is 7.05 Å². The van der Waals surface area contributed by atoms with Crippen LogP contribution in [0.5, 0.6) is 0 Å². The van der Waals surface area contributed by atoms with E-state index in [4.69, 9.17) is 0 Å². The fourth-order valence-corrected chi connectivity index (χ4v) is 1.86. The van der Waals surface area contributed by atoms with E-state index in [9.17, 15) is 0 Å². The third-order valence-corrected chi connectivity index (χ3v) is 2.78. The van der Waals surface area contributed by atoms with Crippen LogP contribution in [-0.4, -0.2) is 9.78 Å². The fourth-order valence-electron chi connectivity index (χ4n) is 1.86. The van der Waals surface area contributed by atoms with E-state index in [0.717, 1.165) is 12.1 Å². The minimum Gasteiger partial charge on any atom is -0.275 e. The van der Waals surface area contributed by atoms with Crippen molar-refractivity contribution in [3.05, 3.63) is 35.2 Å². The molecule has 0 aliphatic rings. The SMILES string of the molecule is CCCCC(=CC=C(C)C)c1cn(C)nc1C. The highest BCUT2D eigenvalue weighted by molar-refractivity contribution is 5.68. The Bertz CT molecular complexity index is 418. The minimum absolute atomic E-state index is 1.12. The lowest BCUT2D eigenvalue weighted by Gasteiger charge is -2.04. The standard InChI is InChI=1S/C15H24N2/c1-6-7-8-14(10-9-12(2)3)15-11-17(5)16-13(15)4/h9-11H,6-8H2,1-5H3. The highest BCUT2D eigenvalue weighted by atomic mass is 15.2. The summed E-state index contributed by atoms with van der Waals surface area (Å²) < 4.78 is 1.90. The third-order valence-electron chi connectivity index (χ3n) is 2.78. The molecule has 17 heavy (non-hydrogen) atoms. The molecular weight excluding hydrogens is 208 g/mol. The van der Waals surface area contributed by atoms with E-state index in [1.807, 2.05) is 11.7 Å². The molecule has 1 rings (SSSR count). The largest absolute Gasteiger partial charge is 0.275 e. The van der Waals surface area contributed by atoms with Gasteiger partial charge in [0.15, 0.2) is 0 Å². The Morgan fingerprint density at radius 3 is 2.53 bits per heavy atom. The van der Waals surface area contributed by atoms with Crippen molar-refractivity contribution in [3.63, 3.8) is 0 Å². The molecule has 2 nitrogen and oxygen atoms in total. The van der Waals surface area contributed by atoms with Crippen LogP contribution in [0.15, 0.2) is 23.9 Å². The molecule has 0 radical (unpaired) electrons. The molecule has 0 aliphatic carbocycles. The number of rotatable bonds is 5. The van der Waals surface area contributed by atoms with Gasteiger partial charge in [-0.05, 0) is 39.2 Å². The Labute approximate surface area is 105 Å². The second kappa shape index (κ2) is 6.43. The van der Waals surface area contributed by atoms with Crippen LogP contribution in [0.1, 0.15) is 51.3 Å². The first kappa shape index (κ1) is 13.8. The summed E-state index contributed by atoms with van der Waals surface area (Å²) in [7, 11) is 1.98. The molecule has 94 valence electrons. The minimum atomic E-state index is 1.12. The molecule has 0 saturated heterocycles. The maximum Gasteiger partial charge on any atom is 0.0668 e. The van der Waals surface area contributed by atoms with Gasteiger partial charge >= 0.3 is 0 Å². The van der Waals surface area contributed by atoms with Crippen molar-refractivity contribution in [2.24, 2.45) is 7.05 Å². The molecule has 0 saturated carbocycles. The van der Waals surface area contributed by atoms with Crippen molar-refractivity contribution >= 4 is 5.57 Å². The van der Waals surface area contributed by atoms with Gasteiger partial charge in [0.25, 0.3) is 0 Å². The van der Waals surface area contributed by atoms with Crippen molar-refractivity contribution in [3.8, 4) is 0 Å². The zero-order valence-electron chi connectivity index (χ0n) is 11.7. The number of aryl methyl sites for hydroxylation is 2. The zero-order valence-corrected chi connectivity index (χ0v) is 11.7. The molecule has 0 spiro atoms. The van der Waals surface area contributed by atoms with Crippen molar-refractivity contribution in [1.82, 2.24) is 9.78 Å². The van der Waals surface area contributed by atoms with Gasteiger partial charge in [-0.25, -0.2) is 0 Å². The summed E-state index contributed by atoms with van der Waals surface area (Å²) in [5.41, 5.74) is 5.15. The number of aromatic nitrogens is 2. The van der Waals surface area contributed by atoms with Crippen molar-refractivity contribution in [2.45, 2.75) is 47.0 Å². The van der Waals surface area contributed by atoms with Crippen LogP contribution in [0.4, 0.5) is 0 Å². The number of hydrogen-bond donors (Lipinski definition) is 0. The average Bonchev–Trinajstić information content (AvgIpc) is 2.58. The maximum absolute atomic E-state index is 4.42. The molecule has 0 bridgehead atoms. The van der Waals surface area contributed by atoms with Gasteiger partial charge in [0.2, 0.25) is 0 Å². The van der Waals surface area contributed by atoms with Crippen molar-refractivity contribution < 1.29 is 0 Å². The number of nitrogens with zero attached hydrogens (tertiary/aromatic N) is 2. The van der Waals surface area contributed by atoms with Crippen molar-refractivity contribution in [2.75, 3.05) is 0 Å². The summed E-state index contributed by atoms with van der Waals surface area (Å²) in [6, 6.07) is 0. The van der Waals surface area contributed by atoms with Crippen LogP contribution >= 0.6 is 0 Å². The van der Waals surface area contributed by atoms with Gasteiger partial charge in [-0.2, -0.15) is 5.10 Å². The fraction of sp³-hybridized carbons (Fsp3) is 0.533. The van der Waals surface area contributed by atoms with Crippen LogP contribution < -0.4 is 0 Å². The predicted molar refractivity (Wildman–Crippen MR) is 74.9 cm³/mol. The van der Waals surface area contributed by atoms with Gasteiger partial charge < -0.3 is 0 Å². The summed E-state index contributed by atoms with van der Waals surface area (Å²) >= 11 is 0. The van der Waals surface area contributed by atoms with E-state index in [0.29, 0.717) is 0 Å². The third kappa shape index (κ3) is 4.22. The number of hydrogen-bond acceptors (Lipinski definition) is 1. The van der Waals surface area contributed by atoms with E-state index in [1.54, 1.807) is 0 Å². The maximum atomic E-state index is 4.42. The quantitative estimate of drug-likeness (QED) is 0.693. The van der Waals surface area contributed by atoms with Crippen molar-refractivity contribution in [1.29, 1.82) is 0 Å².